The van der Waals surface area contributed by atoms with Crippen LogP contribution in [0.25, 0.3) is 11.4 Å². The molecular formula is C16H19N5O3. The van der Waals surface area contributed by atoms with Gasteiger partial charge >= 0.3 is 5.97 Å². The van der Waals surface area contributed by atoms with Gasteiger partial charge in [-0.2, -0.15) is 4.80 Å². The van der Waals surface area contributed by atoms with E-state index in [0.29, 0.717) is 31.8 Å². The third-order valence-corrected chi connectivity index (χ3v) is 4.09. The molecule has 0 aliphatic carbocycles. The SMILES string of the molecule is O=C(O)[C@@H]1CCCN1C(=O)CCCn1nnc(-c2ccccc2)n1. The van der Waals surface area contributed by atoms with E-state index in [0.717, 1.165) is 12.0 Å². The Labute approximate surface area is 139 Å². The van der Waals surface area contributed by atoms with E-state index >= 15 is 0 Å². The van der Waals surface area contributed by atoms with E-state index in [4.69, 9.17) is 5.11 Å². The summed E-state index contributed by atoms with van der Waals surface area (Å²) in [7, 11) is 0. The molecule has 24 heavy (non-hydrogen) atoms. The maximum absolute atomic E-state index is 12.2. The monoisotopic (exact) mass is 329 g/mol. The van der Waals surface area contributed by atoms with Crippen molar-refractivity contribution in [2.24, 2.45) is 0 Å². The summed E-state index contributed by atoms with van der Waals surface area (Å²) in [6, 6.07) is 8.87. The minimum Gasteiger partial charge on any atom is -0.480 e. The quantitative estimate of drug-likeness (QED) is 0.854. The van der Waals surface area contributed by atoms with Gasteiger partial charge in [-0.25, -0.2) is 4.79 Å². The number of carbonyl (C=O) groups is 2. The molecule has 1 aliphatic rings. The fraction of sp³-hybridized carbons (Fsp3) is 0.438. The van der Waals surface area contributed by atoms with Crippen molar-refractivity contribution >= 4 is 11.9 Å². The summed E-state index contributed by atoms with van der Waals surface area (Å²) in [5.41, 5.74) is 0.890. The number of aromatic nitrogens is 4. The number of carbonyl (C=O) groups excluding carboxylic acids is 1. The van der Waals surface area contributed by atoms with Crippen molar-refractivity contribution in [3.8, 4) is 11.4 Å². The molecule has 3 rings (SSSR count). The summed E-state index contributed by atoms with van der Waals surface area (Å²) >= 11 is 0. The minimum atomic E-state index is -0.925. The number of amides is 1. The van der Waals surface area contributed by atoms with Crippen LogP contribution in [0, 0.1) is 0 Å². The molecule has 1 N–H and O–H groups in total. The largest absolute Gasteiger partial charge is 0.480 e. The van der Waals surface area contributed by atoms with Gasteiger partial charge in [-0.3, -0.25) is 4.79 Å². The zero-order chi connectivity index (χ0) is 16.9. The zero-order valence-corrected chi connectivity index (χ0v) is 13.2. The van der Waals surface area contributed by atoms with Gasteiger partial charge < -0.3 is 10.0 Å². The van der Waals surface area contributed by atoms with Gasteiger partial charge in [0.25, 0.3) is 0 Å². The van der Waals surface area contributed by atoms with Crippen LogP contribution >= 0.6 is 0 Å². The maximum Gasteiger partial charge on any atom is 0.326 e. The van der Waals surface area contributed by atoms with E-state index in [1.807, 2.05) is 30.3 Å². The zero-order valence-electron chi connectivity index (χ0n) is 13.2. The van der Waals surface area contributed by atoms with Crippen LogP contribution in [-0.4, -0.2) is 54.7 Å². The van der Waals surface area contributed by atoms with Crippen LogP contribution in [0.2, 0.25) is 0 Å². The average Bonchev–Trinajstić information content (AvgIpc) is 3.25. The lowest BCUT2D eigenvalue weighted by Gasteiger charge is -2.21. The smallest absolute Gasteiger partial charge is 0.326 e. The summed E-state index contributed by atoms with van der Waals surface area (Å²) in [5, 5.41) is 21.4. The Morgan fingerprint density at radius 1 is 1.25 bits per heavy atom. The number of nitrogens with zero attached hydrogens (tertiary/aromatic N) is 5. The van der Waals surface area contributed by atoms with E-state index < -0.39 is 12.0 Å². The van der Waals surface area contributed by atoms with Gasteiger partial charge in [0, 0.05) is 18.5 Å². The van der Waals surface area contributed by atoms with Crippen molar-refractivity contribution in [3.63, 3.8) is 0 Å². The third kappa shape index (κ3) is 3.58. The number of carboxylic acid groups (broad SMARTS) is 1. The molecule has 1 aromatic carbocycles. The molecule has 1 aromatic heterocycles. The molecule has 1 atom stereocenters. The average molecular weight is 329 g/mol. The molecular weight excluding hydrogens is 310 g/mol. The molecule has 1 saturated heterocycles. The molecule has 2 heterocycles. The van der Waals surface area contributed by atoms with Crippen LogP contribution in [0.3, 0.4) is 0 Å². The van der Waals surface area contributed by atoms with Gasteiger partial charge in [-0.15, -0.1) is 10.2 Å². The molecule has 1 fully saturated rings. The van der Waals surface area contributed by atoms with Crippen LogP contribution in [-0.2, 0) is 16.1 Å². The number of hydrogen-bond acceptors (Lipinski definition) is 5. The highest BCUT2D eigenvalue weighted by atomic mass is 16.4. The number of likely N-dealkylation sites (tertiary alicyclic amines) is 1. The predicted octanol–water partition coefficient (Wildman–Crippen LogP) is 1.20. The number of carboxylic acids is 1. The number of hydrogen-bond donors (Lipinski definition) is 1. The van der Waals surface area contributed by atoms with Gasteiger partial charge in [0.05, 0.1) is 6.54 Å². The summed E-state index contributed by atoms with van der Waals surface area (Å²) in [4.78, 5) is 26.2. The topological polar surface area (TPSA) is 101 Å². The van der Waals surface area contributed by atoms with E-state index in [1.54, 1.807) is 0 Å². The first-order valence-electron chi connectivity index (χ1n) is 8.00. The van der Waals surface area contributed by atoms with E-state index in [2.05, 4.69) is 15.4 Å². The second-order valence-electron chi connectivity index (χ2n) is 5.76. The first kappa shape index (κ1) is 16.1. The normalized spacial score (nSPS) is 17.2. The van der Waals surface area contributed by atoms with Crippen molar-refractivity contribution < 1.29 is 14.7 Å². The second kappa shape index (κ2) is 7.20. The Morgan fingerprint density at radius 3 is 2.79 bits per heavy atom. The molecule has 0 radical (unpaired) electrons. The summed E-state index contributed by atoms with van der Waals surface area (Å²) in [6.45, 7) is 0.993. The third-order valence-electron chi connectivity index (χ3n) is 4.09. The highest BCUT2D eigenvalue weighted by molar-refractivity contribution is 5.84. The van der Waals surface area contributed by atoms with Gasteiger partial charge in [-0.05, 0) is 24.5 Å². The van der Waals surface area contributed by atoms with Crippen LogP contribution in [0.15, 0.2) is 30.3 Å². The lowest BCUT2D eigenvalue weighted by Crippen LogP contribution is -2.40. The standard InChI is InChI=1S/C16H19N5O3/c22-14(20-10-4-8-13(20)16(23)24)9-5-11-21-18-15(17-19-21)12-6-2-1-3-7-12/h1-3,6-7,13H,4-5,8-11H2,(H,23,24)/t13-/m0/s1. The van der Waals surface area contributed by atoms with Crippen LogP contribution in [0.5, 0.6) is 0 Å². The number of rotatable bonds is 6. The Kier molecular flexibility index (Phi) is 4.83. The number of benzene rings is 1. The molecule has 0 bridgehead atoms. The summed E-state index contributed by atoms with van der Waals surface area (Å²) in [5.74, 6) is -0.498. The lowest BCUT2D eigenvalue weighted by atomic mass is 10.2. The highest BCUT2D eigenvalue weighted by Gasteiger charge is 2.33. The first-order chi connectivity index (χ1) is 11.6. The van der Waals surface area contributed by atoms with Gasteiger partial charge in [0.2, 0.25) is 11.7 Å². The van der Waals surface area contributed by atoms with Gasteiger partial charge in [0.1, 0.15) is 6.04 Å². The first-order valence-corrected chi connectivity index (χ1v) is 8.00. The molecule has 1 amide bonds. The summed E-state index contributed by atoms with van der Waals surface area (Å²) in [6.07, 6.45) is 2.11. The second-order valence-corrected chi connectivity index (χ2v) is 5.76. The molecule has 8 nitrogen and oxygen atoms in total. The Balaban J connectivity index is 1.51. The number of aryl methyl sites for hydroxylation is 1. The predicted molar refractivity (Wildman–Crippen MR) is 84.9 cm³/mol. The highest BCUT2D eigenvalue weighted by Crippen LogP contribution is 2.19. The van der Waals surface area contributed by atoms with Crippen molar-refractivity contribution in [1.82, 2.24) is 25.1 Å². The van der Waals surface area contributed by atoms with E-state index in [9.17, 15) is 9.59 Å². The molecule has 0 unspecified atom stereocenters. The lowest BCUT2D eigenvalue weighted by molar-refractivity contribution is -0.148. The van der Waals surface area contributed by atoms with Crippen LogP contribution < -0.4 is 0 Å². The molecule has 1 aliphatic heterocycles. The number of tetrazole rings is 1. The van der Waals surface area contributed by atoms with Crippen LogP contribution in [0.4, 0.5) is 0 Å². The molecule has 0 saturated carbocycles. The van der Waals surface area contributed by atoms with Gasteiger partial charge in [0.15, 0.2) is 0 Å². The minimum absolute atomic E-state index is 0.122. The van der Waals surface area contributed by atoms with E-state index in [1.165, 1.54) is 9.70 Å². The van der Waals surface area contributed by atoms with Gasteiger partial charge in [-0.1, -0.05) is 30.3 Å². The molecule has 126 valence electrons. The summed E-state index contributed by atoms with van der Waals surface area (Å²) < 4.78 is 0. The van der Waals surface area contributed by atoms with Crippen molar-refractivity contribution in [2.75, 3.05) is 6.54 Å². The maximum atomic E-state index is 12.2. The Hall–Kier alpha value is -2.77. The van der Waals surface area contributed by atoms with E-state index in [-0.39, 0.29) is 12.3 Å². The Morgan fingerprint density at radius 2 is 2.04 bits per heavy atom. The molecule has 8 heteroatoms. The molecule has 0 spiro atoms. The number of aliphatic carboxylic acids is 1. The molecule has 2 aromatic rings. The fourth-order valence-electron chi connectivity index (χ4n) is 2.88. The fourth-order valence-corrected chi connectivity index (χ4v) is 2.88. The van der Waals surface area contributed by atoms with Crippen molar-refractivity contribution in [3.05, 3.63) is 30.3 Å². The van der Waals surface area contributed by atoms with Crippen LogP contribution in [0.1, 0.15) is 25.7 Å². The van der Waals surface area contributed by atoms with Crippen molar-refractivity contribution in [2.45, 2.75) is 38.3 Å². The van der Waals surface area contributed by atoms with Crippen molar-refractivity contribution in [1.29, 1.82) is 0 Å². The Bertz CT molecular complexity index is 716.